The van der Waals surface area contributed by atoms with E-state index in [0.717, 1.165) is 43.4 Å². The van der Waals surface area contributed by atoms with Gasteiger partial charge in [-0.25, -0.2) is 0 Å². The lowest BCUT2D eigenvalue weighted by Crippen LogP contribution is -2.39. The fourth-order valence-electron chi connectivity index (χ4n) is 3.55. The van der Waals surface area contributed by atoms with Crippen LogP contribution in [-0.2, 0) is 22.6 Å². The number of guanidine groups is 1. The quantitative estimate of drug-likeness (QED) is 0.215. The molecule has 0 bridgehead atoms. The molecule has 31 heavy (non-hydrogen) atoms. The number of likely N-dealkylation sites (tertiary alicyclic amines) is 1. The first-order chi connectivity index (χ1) is 14.8. The maximum Gasteiger partial charge on any atom is 0.193 e. The van der Waals surface area contributed by atoms with Crippen molar-refractivity contribution in [2.75, 3.05) is 47.1 Å². The molecule has 1 unspecified atom stereocenters. The van der Waals surface area contributed by atoms with Gasteiger partial charge in [0.2, 0.25) is 0 Å². The van der Waals surface area contributed by atoms with Crippen LogP contribution in [-0.4, -0.2) is 57.9 Å². The second-order valence-electron chi connectivity index (χ2n) is 7.49. The third kappa shape index (κ3) is 8.66. The fraction of sp³-hybridized carbons (Fsp3) is 0.458. The van der Waals surface area contributed by atoms with E-state index in [9.17, 15) is 0 Å². The summed E-state index contributed by atoms with van der Waals surface area (Å²) >= 11 is 0. The zero-order chi connectivity index (χ0) is 21.0. The smallest absolute Gasteiger partial charge is 0.193 e. The molecule has 0 aromatic heterocycles. The second-order valence-corrected chi connectivity index (χ2v) is 7.49. The van der Waals surface area contributed by atoms with Crippen LogP contribution in [0.2, 0.25) is 0 Å². The number of ether oxygens (including phenoxy) is 3. The number of nitrogens with one attached hydrogen (secondary N) is 1. The maximum absolute atomic E-state index is 5.94. The Hall–Kier alpha value is -1.84. The fourth-order valence-corrected chi connectivity index (χ4v) is 3.55. The van der Waals surface area contributed by atoms with E-state index in [1.165, 1.54) is 5.56 Å². The number of halogens is 1. The summed E-state index contributed by atoms with van der Waals surface area (Å²) in [6.45, 7) is 5.32. The first-order valence-corrected chi connectivity index (χ1v) is 10.6. The summed E-state index contributed by atoms with van der Waals surface area (Å²) in [5, 5.41) is 3.49. The van der Waals surface area contributed by atoms with E-state index in [1.54, 1.807) is 7.11 Å². The van der Waals surface area contributed by atoms with Crippen molar-refractivity contribution in [1.82, 2.24) is 10.2 Å². The summed E-state index contributed by atoms with van der Waals surface area (Å²) in [5.41, 5.74) is 2.33. The highest BCUT2D eigenvalue weighted by molar-refractivity contribution is 14.0. The van der Waals surface area contributed by atoms with Gasteiger partial charge in [0.15, 0.2) is 5.96 Å². The van der Waals surface area contributed by atoms with Gasteiger partial charge in [-0.15, -0.1) is 24.0 Å². The molecule has 6 nitrogen and oxygen atoms in total. The van der Waals surface area contributed by atoms with Crippen molar-refractivity contribution in [2.45, 2.75) is 19.6 Å². The molecule has 1 N–H and O–H groups in total. The molecule has 0 spiro atoms. The van der Waals surface area contributed by atoms with Crippen LogP contribution < -0.4 is 10.1 Å². The molecule has 1 saturated heterocycles. The zero-order valence-electron chi connectivity index (χ0n) is 18.5. The molecular weight excluding hydrogens is 505 g/mol. The van der Waals surface area contributed by atoms with Gasteiger partial charge in [-0.05, 0) is 29.7 Å². The molecule has 7 heteroatoms. The number of nitrogens with zero attached hydrogens (tertiary/aromatic N) is 2. The van der Waals surface area contributed by atoms with Gasteiger partial charge in [0.05, 0.1) is 19.8 Å². The minimum atomic E-state index is 0. The average Bonchev–Trinajstić information content (AvgIpc) is 3.25. The lowest BCUT2D eigenvalue weighted by atomic mass is 10.1. The monoisotopic (exact) mass is 539 g/mol. The summed E-state index contributed by atoms with van der Waals surface area (Å²) in [5.74, 6) is 2.35. The Labute approximate surface area is 203 Å². The van der Waals surface area contributed by atoms with Crippen LogP contribution >= 0.6 is 24.0 Å². The molecule has 0 saturated carbocycles. The number of hydrogen-bond donors (Lipinski definition) is 1. The summed E-state index contributed by atoms with van der Waals surface area (Å²) in [4.78, 5) is 6.77. The molecule has 0 radical (unpaired) electrons. The van der Waals surface area contributed by atoms with Gasteiger partial charge in [0.25, 0.3) is 0 Å². The van der Waals surface area contributed by atoms with E-state index >= 15 is 0 Å². The minimum absolute atomic E-state index is 0. The first-order valence-electron chi connectivity index (χ1n) is 10.6. The van der Waals surface area contributed by atoms with Crippen LogP contribution in [0.4, 0.5) is 0 Å². The van der Waals surface area contributed by atoms with Gasteiger partial charge in [-0.3, -0.25) is 4.99 Å². The van der Waals surface area contributed by atoms with Crippen molar-refractivity contribution in [1.29, 1.82) is 0 Å². The number of benzene rings is 2. The third-order valence-electron chi connectivity index (χ3n) is 5.18. The Morgan fingerprint density at radius 2 is 1.90 bits per heavy atom. The minimum Gasteiger partial charge on any atom is -0.489 e. The highest BCUT2D eigenvalue weighted by Crippen LogP contribution is 2.18. The number of aliphatic imine (C=N–C) groups is 1. The molecule has 1 atom stereocenters. The normalized spacial score (nSPS) is 16.1. The molecule has 1 fully saturated rings. The Bertz CT molecular complexity index is 789. The van der Waals surface area contributed by atoms with Crippen molar-refractivity contribution >= 4 is 29.9 Å². The van der Waals surface area contributed by atoms with E-state index in [1.807, 2.05) is 37.4 Å². The van der Waals surface area contributed by atoms with Crippen molar-refractivity contribution in [3.8, 4) is 5.75 Å². The average molecular weight is 539 g/mol. The molecule has 0 amide bonds. The molecule has 2 aromatic carbocycles. The zero-order valence-corrected chi connectivity index (χ0v) is 20.8. The van der Waals surface area contributed by atoms with Crippen molar-refractivity contribution in [3.63, 3.8) is 0 Å². The van der Waals surface area contributed by atoms with Crippen molar-refractivity contribution in [2.24, 2.45) is 10.9 Å². The second kappa shape index (κ2) is 14.3. The first kappa shape index (κ1) is 25.4. The van der Waals surface area contributed by atoms with Crippen LogP contribution in [0.5, 0.6) is 5.75 Å². The van der Waals surface area contributed by atoms with Crippen molar-refractivity contribution < 1.29 is 14.2 Å². The van der Waals surface area contributed by atoms with Gasteiger partial charge in [0, 0.05) is 39.7 Å². The molecule has 170 valence electrons. The van der Waals surface area contributed by atoms with E-state index < -0.39 is 0 Å². The number of methoxy groups -OCH3 is 1. The van der Waals surface area contributed by atoms with Gasteiger partial charge < -0.3 is 24.4 Å². The number of hydrogen-bond acceptors (Lipinski definition) is 4. The molecule has 3 rings (SSSR count). The van der Waals surface area contributed by atoms with Gasteiger partial charge in [-0.1, -0.05) is 42.5 Å². The topological polar surface area (TPSA) is 55.3 Å². The van der Waals surface area contributed by atoms with Crippen molar-refractivity contribution in [3.05, 3.63) is 65.7 Å². The summed E-state index contributed by atoms with van der Waals surface area (Å²) in [7, 11) is 3.53. The molecule has 1 heterocycles. The lowest BCUT2D eigenvalue weighted by Gasteiger charge is -2.22. The Balaban J connectivity index is 0.00000341. The SMILES string of the molecule is CN=C(NCc1cccc(OCc2ccccc2)c1)N1CCC(COCCOC)C1.I. The summed E-state index contributed by atoms with van der Waals surface area (Å²) in [6.07, 6.45) is 1.12. The summed E-state index contributed by atoms with van der Waals surface area (Å²) < 4.78 is 16.7. The number of rotatable bonds is 10. The summed E-state index contributed by atoms with van der Waals surface area (Å²) in [6, 6.07) is 18.4. The van der Waals surface area contributed by atoms with Crippen LogP contribution in [0, 0.1) is 5.92 Å². The molecular formula is C24H34IN3O3. The van der Waals surface area contributed by atoms with E-state index in [2.05, 4.69) is 39.5 Å². The largest absolute Gasteiger partial charge is 0.489 e. The van der Waals surface area contributed by atoms with E-state index in [0.29, 0.717) is 32.3 Å². The lowest BCUT2D eigenvalue weighted by molar-refractivity contribution is 0.0536. The Kier molecular flexibility index (Phi) is 11.7. The van der Waals surface area contributed by atoms with Crippen LogP contribution in [0.3, 0.4) is 0 Å². The standard InChI is InChI=1S/C24H33N3O3.HI/c1-25-24(27-12-11-22(17-27)18-29-14-13-28-2)26-16-21-9-6-10-23(15-21)30-19-20-7-4-3-5-8-20;/h3-10,15,22H,11-14,16-19H2,1-2H3,(H,25,26);1H. The van der Waals surface area contributed by atoms with Crippen LogP contribution in [0.15, 0.2) is 59.6 Å². The predicted molar refractivity (Wildman–Crippen MR) is 135 cm³/mol. The molecule has 0 aliphatic carbocycles. The third-order valence-corrected chi connectivity index (χ3v) is 5.18. The molecule has 1 aliphatic rings. The van der Waals surface area contributed by atoms with E-state index in [-0.39, 0.29) is 24.0 Å². The Morgan fingerprint density at radius 1 is 1.10 bits per heavy atom. The Morgan fingerprint density at radius 3 is 2.68 bits per heavy atom. The van der Waals surface area contributed by atoms with Crippen LogP contribution in [0.1, 0.15) is 17.5 Å². The van der Waals surface area contributed by atoms with Crippen LogP contribution in [0.25, 0.3) is 0 Å². The maximum atomic E-state index is 5.94. The van der Waals surface area contributed by atoms with E-state index in [4.69, 9.17) is 14.2 Å². The van der Waals surface area contributed by atoms with Gasteiger partial charge >= 0.3 is 0 Å². The molecule has 2 aromatic rings. The highest BCUT2D eigenvalue weighted by Gasteiger charge is 2.24. The van der Waals surface area contributed by atoms with Gasteiger partial charge in [0.1, 0.15) is 12.4 Å². The highest BCUT2D eigenvalue weighted by atomic mass is 127. The molecule has 1 aliphatic heterocycles. The van der Waals surface area contributed by atoms with Gasteiger partial charge in [-0.2, -0.15) is 0 Å². The predicted octanol–water partition coefficient (Wildman–Crippen LogP) is 3.94.